The van der Waals surface area contributed by atoms with Crippen molar-refractivity contribution in [2.75, 3.05) is 19.1 Å². The fraction of sp³-hybridized carbons (Fsp3) is 0.706. The molecule has 0 aliphatic rings. The van der Waals surface area contributed by atoms with Crippen LogP contribution >= 0.6 is 0 Å². The molecule has 0 saturated carbocycles. The van der Waals surface area contributed by atoms with E-state index in [0.29, 0.717) is 6.42 Å². The van der Waals surface area contributed by atoms with Crippen LogP contribution in [0.3, 0.4) is 0 Å². The van der Waals surface area contributed by atoms with Crippen LogP contribution in [-0.4, -0.2) is 57.5 Å². The second-order valence-electron chi connectivity index (χ2n) is 4.52. The topological polar surface area (TPSA) is 119 Å². The van der Waals surface area contributed by atoms with Gasteiger partial charge in [-0.3, -0.25) is 4.79 Å². The Morgan fingerprint density at radius 1 is 0.926 bits per heavy atom. The number of hydrogen-bond acceptors (Lipinski definition) is 8. The predicted molar refractivity (Wildman–Crippen MR) is 107 cm³/mol. The van der Waals surface area contributed by atoms with Crippen molar-refractivity contribution in [2.24, 2.45) is 10.2 Å². The Labute approximate surface area is 177 Å². The number of rotatable bonds is 3. The Bertz CT molecular complexity index is 476. The fourth-order valence-corrected chi connectivity index (χ4v) is 0.100. The smallest absolute Gasteiger partial charge is 0.469 e. The van der Waals surface area contributed by atoms with Crippen molar-refractivity contribution in [2.45, 2.75) is 61.8 Å². The van der Waals surface area contributed by atoms with Crippen LogP contribution in [-0.2, 0) is 47.5 Å². The molecule has 8 nitrogen and oxygen atoms in total. The van der Waals surface area contributed by atoms with Gasteiger partial charge in [-0.15, -0.1) is 0 Å². The minimum atomic E-state index is -2.66. The van der Waals surface area contributed by atoms with Crippen LogP contribution in [0.1, 0.15) is 61.8 Å². The van der Waals surface area contributed by atoms with E-state index >= 15 is 0 Å². The van der Waals surface area contributed by atoms with Gasteiger partial charge in [0.05, 0.1) is 7.11 Å². The zero-order chi connectivity index (χ0) is 22.2. The van der Waals surface area contributed by atoms with E-state index in [0.717, 1.165) is 0 Å². The summed E-state index contributed by atoms with van der Waals surface area (Å²) in [6.45, 7) is 12.8. The molecular weight excluding hydrogens is 411 g/mol. The van der Waals surface area contributed by atoms with Crippen LogP contribution in [0.2, 0.25) is 0 Å². The van der Waals surface area contributed by atoms with E-state index in [9.17, 15) is 22.8 Å². The summed E-state index contributed by atoms with van der Waals surface area (Å²) < 4.78 is 24.1. The van der Waals surface area contributed by atoms with Gasteiger partial charge in [0.25, 0.3) is 0 Å². The Kier molecular flexibility index (Phi) is 48.4. The summed E-state index contributed by atoms with van der Waals surface area (Å²) in [5.41, 5.74) is 0. The summed E-state index contributed by atoms with van der Waals surface area (Å²) in [5, 5.41) is 6.71. The molecule has 0 unspecified atom stereocenters. The van der Waals surface area contributed by atoms with Gasteiger partial charge in [-0.1, -0.05) is 13.8 Å². The maximum Gasteiger partial charge on any atom is 2.00 e. The monoisotopic (exact) mass is 445 g/mol. The van der Waals surface area contributed by atoms with Gasteiger partial charge in [0.1, 0.15) is 21.4 Å². The summed E-state index contributed by atoms with van der Waals surface area (Å²) in [5.74, 6) is 0.419. The maximum absolute atomic E-state index is 10.0. The molecule has 0 aliphatic carbocycles. The zero-order valence-corrected chi connectivity index (χ0v) is 20.3. The van der Waals surface area contributed by atoms with Crippen molar-refractivity contribution in [3.63, 3.8) is 0 Å². The minimum absolute atomic E-state index is 0. The summed E-state index contributed by atoms with van der Waals surface area (Å²) in [7, 11) is -1.31. The summed E-state index contributed by atoms with van der Waals surface area (Å²) in [6, 6.07) is 0. The predicted octanol–water partition coefficient (Wildman–Crippen LogP) is 2.65. The number of ketones is 2. The second-order valence-corrected chi connectivity index (χ2v) is 6.95. The molecule has 159 valence electrons. The molecule has 0 rings (SSSR count). The van der Waals surface area contributed by atoms with Crippen LogP contribution in [0.4, 0.5) is 0 Å². The van der Waals surface area contributed by atoms with Gasteiger partial charge >= 0.3 is 24.5 Å². The molecule has 0 N–H and O–H groups in total. The number of Topliss-reactive ketones (excluding diaryl/α,β-unsaturated/α-hetero) is 2. The van der Waals surface area contributed by atoms with Gasteiger partial charge < -0.3 is 37.0 Å². The average molecular weight is 445 g/mol. The first kappa shape index (κ1) is 40.4. The molecule has 0 saturated heterocycles. The zero-order valence-electron chi connectivity index (χ0n) is 18.1. The molecule has 0 aliphatic heterocycles. The first-order chi connectivity index (χ1) is 11.7. The quantitative estimate of drug-likeness (QED) is 0.285. The SMILES string of the molecule is CC(C)=O.CCC(C)=O.CCS(C)(=O)=O.COC(C)=O.C[C-]=NN=[C-]C.[V+2]. The fourth-order valence-electron chi connectivity index (χ4n) is 0.100. The van der Waals surface area contributed by atoms with Crippen molar-refractivity contribution in [3.8, 4) is 0 Å². The van der Waals surface area contributed by atoms with Crippen molar-refractivity contribution in [1.82, 2.24) is 0 Å². The first-order valence-corrected chi connectivity index (χ1v) is 9.73. The molecule has 0 aromatic carbocycles. The van der Waals surface area contributed by atoms with E-state index in [1.807, 2.05) is 6.92 Å². The molecule has 0 aromatic heterocycles. The van der Waals surface area contributed by atoms with Crippen molar-refractivity contribution < 1.29 is 46.1 Å². The van der Waals surface area contributed by atoms with E-state index in [1.165, 1.54) is 34.1 Å². The van der Waals surface area contributed by atoms with Crippen LogP contribution in [0.25, 0.3) is 0 Å². The Balaban J connectivity index is -0.0000000509. The maximum atomic E-state index is 10.0. The van der Waals surface area contributed by atoms with Gasteiger partial charge in [-0.2, -0.15) is 13.8 Å². The second kappa shape index (κ2) is 32.4. The van der Waals surface area contributed by atoms with Crippen LogP contribution in [0, 0.1) is 0 Å². The Morgan fingerprint density at radius 3 is 1.15 bits per heavy atom. The Morgan fingerprint density at radius 2 is 1.11 bits per heavy atom. The normalized spacial score (nSPS) is 8.81. The molecule has 10 heteroatoms. The molecule has 27 heavy (non-hydrogen) atoms. The number of hydrogen-bond donors (Lipinski definition) is 0. The summed E-state index contributed by atoms with van der Waals surface area (Å²) >= 11 is 0. The molecule has 0 fully saturated rings. The molecule has 0 atom stereocenters. The van der Waals surface area contributed by atoms with Gasteiger partial charge in [-0.05, 0) is 20.8 Å². The third kappa shape index (κ3) is 168. The molecule has 0 aromatic rings. The number of carbonyl (C=O) groups excluding carboxylic acids is 3. The molecule has 0 bridgehead atoms. The molecule has 0 heterocycles. The van der Waals surface area contributed by atoms with Crippen molar-refractivity contribution in [3.05, 3.63) is 0 Å². The van der Waals surface area contributed by atoms with E-state index in [-0.39, 0.29) is 41.8 Å². The Hall–Kier alpha value is -1.32. The number of carbonyl (C=O) groups is 3. The van der Waals surface area contributed by atoms with Crippen LogP contribution in [0.5, 0.6) is 0 Å². The number of methoxy groups -OCH3 is 1. The van der Waals surface area contributed by atoms with Crippen LogP contribution in [0.15, 0.2) is 10.2 Å². The van der Waals surface area contributed by atoms with Crippen molar-refractivity contribution >= 4 is 39.8 Å². The van der Waals surface area contributed by atoms with E-state index in [1.54, 1.807) is 27.7 Å². The minimum Gasteiger partial charge on any atom is -0.469 e. The number of sulfone groups is 1. The van der Waals surface area contributed by atoms with E-state index < -0.39 is 9.84 Å². The summed E-state index contributed by atoms with van der Waals surface area (Å²) in [4.78, 5) is 28.8. The number of esters is 1. The number of nitrogens with zero attached hydrogens (tertiary/aromatic N) is 2. The van der Waals surface area contributed by atoms with Gasteiger partial charge in [0, 0.05) is 25.4 Å². The van der Waals surface area contributed by atoms with E-state index in [4.69, 9.17) is 0 Å². The third-order valence-corrected chi connectivity index (χ3v) is 2.61. The molecule has 0 amide bonds. The summed E-state index contributed by atoms with van der Waals surface area (Å²) in [6.07, 6.45) is 6.81. The molecule has 0 spiro atoms. The number of ether oxygens (including phenoxy) is 1. The van der Waals surface area contributed by atoms with Crippen molar-refractivity contribution in [1.29, 1.82) is 0 Å². The third-order valence-electron chi connectivity index (χ3n) is 1.56. The average Bonchev–Trinajstić information content (AvgIpc) is 2.53. The first-order valence-electron chi connectivity index (χ1n) is 7.67. The standard InChI is InChI=1S/C4H6N2.C4H8O.C3H8O2S.C3H6O2.C3H6O.V/c1-3-5-6-4-2;1-3-4(2)5;1-3-6(2,4)5;1-3(4)5-2;1-3(2)4;/h1-2H3;3H2,1-2H3;3H2,1-2H3;1-2H3;1-2H3;/q-2;;;;;+2. The van der Waals surface area contributed by atoms with Gasteiger partial charge in [-0.25, -0.2) is 8.42 Å². The van der Waals surface area contributed by atoms with Crippen LogP contribution < -0.4 is 0 Å². The van der Waals surface area contributed by atoms with Gasteiger partial charge in [0.15, 0.2) is 0 Å². The molecular formula is C17H34N2O6SV. The molecule has 1 radical (unpaired) electrons. The van der Waals surface area contributed by atoms with Gasteiger partial charge in [0.2, 0.25) is 0 Å². The largest absolute Gasteiger partial charge is 2.00 e. The van der Waals surface area contributed by atoms with E-state index in [2.05, 4.69) is 27.4 Å².